The van der Waals surface area contributed by atoms with Gasteiger partial charge in [0.15, 0.2) is 11.6 Å². The monoisotopic (exact) mass is 442 g/mol. The maximum absolute atomic E-state index is 14.5. The molecule has 2 aromatic carbocycles. The van der Waals surface area contributed by atoms with Crippen molar-refractivity contribution in [2.45, 2.75) is 91.4 Å². The molecule has 0 fully saturated rings. The van der Waals surface area contributed by atoms with Crippen LogP contribution in [0.3, 0.4) is 0 Å². The summed E-state index contributed by atoms with van der Waals surface area (Å²) in [6.45, 7) is 8.06. The number of benzene rings is 2. The van der Waals surface area contributed by atoms with Gasteiger partial charge in [-0.1, -0.05) is 90.3 Å². The fourth-order valence-electron chi connectivity index (χ4n) is 3.79. The maximum Gasteiger partial charge on any atom is 0.165 e. The Hall–Kier alpha value is -2.03. The van der Waals surface area contributed by atoms with Crippen molar-refractivity contribution in [1.82, 2.24) is 0 Å². The molecule has 0 heterocycles. The van der Waals surface area contributed by atoms with Crippen LogP contribution in [-0.2, 0) is 0 Å². The first kappa shape index (κ1) is 26.2. The molecule has 0 N–H and O–H groups in total. The Morgan fingerprint density at radius 3 is 2.00 bits per heavy atom. The normalized spacial score (nSPS) is 12.0. The van der Waals surface area contributed by atoms with E-state index in [1.165, 1.54) is 51.4 Å². The lowest BCUT2D eigenvalue weighted by molar-refractivity contribution is 0.290. The predicted octanol–water partition coefficient (Wildman–Crippen LogP) is 9.22. The summed E-state index contributed by atoms with van der Waals surface area (Å²) in [4.78, 5) is 0. The summed E-state index contributed by atoms with van der Waals surface area (Å²) in [5.41, 5.74) is 1.83. The standard InChI is InChI=1S/C29H43FO2/c1-4-6-7-8-9-10-11-12-21-32-29-20-17-26(23-28(29)30)25-15-18-27(19-16-25)31-22-13-14-24(3)5-2/h15-20,23-24H,4-14,21-22H2,1-3H3/t24-/m0/s1. The first-order valence-corrected chi connectivity index (χ1v) is 12.8. The number of ether oxygens (including phenoxy) is 2. The Morgan fingerprint density at radius 2 is 1.34 bits per heavy atom. The van der Waals surface area contributed by atoms with Gasteiger partial charge in [-0.2, -0.15) is 0 Å². The Morgan fingerprint density at radius 1 is 0.719 bits per heavy atom. The molecule has 1 atom stereocenters. The molecule has 0 saturated carbocycles. The lowest BCUT2D eigenvalue weighted by Crippen LogP contribution is -2.01. The Balaban J connectivity index is 1.71. The minimum atomic E-state index is -0.299. The van der Waals surface area contributed by atoms with Gasteiger partial charge in [0.25, 0.3) is 0 Å². The topological polar surface area (TPSA) is 18.5 Å². The second kappa shape index (κ2) is 15.7. The van der Waals surface area contributed by atoms with Crippen molar-refractivity contribution >= 4 is 0 Å². The smallest absolute Gasteiger partial charge is 0.165 e. The maximum atomic E-state index is 14.5. The van der Waals surface area contributed by atoms with Gasteiger partial charge in [-0.05, 0) is 60.6 Å². The minimum Gasteiger partial charge on any atom is -0.494 e. The van der Waals surface area contributed by atoms with E-state index in [9.17, 15) is 4.39 Å². The van der Waals surface area contributed by atoms with E-state index in [1.807, 2.05) is 30.3 Å². The van der Waals surface area contributed by atoms with Gasteiger partial charge in [0.05, 0.1) is 13.2 Å². The molecule has 0 bridgehead atoms. The number of halogens is 1. The zero-order valence-electron chi connectivity index (χ0n) is 20.5. The van der Waals surface area contributed by atoms with Crippen LogP contribution in [0.15, 0.2) is 42.5 Å². The molecule has 2 nitrogen and oxygen atoms in total. The Labute approximate surface area is 195 Å². The number of unbranched alkanes of at least 4 members (excludes halogenated alkanes) is 7. The fourth-order valence-corrected chi connectivity index (χ4v) is 3.79. The molecule has 0 spiro atoms. The van der Waals surface area contributed by atoms with E-state index in [1.54, 1.807) is 12.1 Å². The molecule has 0 amide bonds. The van der Waals surface area contributed by atoms with E-state index in [-0.39, 0.29) is 5.82 Å². The lowest BCUT2D eigenvalue weighted by Gasteiger charge is -2.11. The molecule has 0 aliphatic rings. The van der Waals surface area contributed by atoms with Gasteiger partial charge in [0.1, 0.15) is 5.75 Å². The summed E-state index contributed by atoms with van der Waals surface area (Å²) in [6.07, 6.45) is 13.5. The zero-order valence-corrected chi connectivity index (χ0v) is 20.5. The predicted molar refractivity (Wildman–Crippen MR) is 134 cm³/mol. The first-order valence-electron chi connectivity index (χ1n) is 12.8. The van der Waals surface area contributed by atoms with Crippen LogP contribution >= 0.6 is 0 Å². The van der Waals surface area contributed by atoms with Crippen molar-refractivity contribution in [2.24, 2.45) is 5.92 Å². The van der Waals surface area contributed by atoms with Gasteiger partial charge < -0.3 is 9.47 Å². The summed E-state index contributed by atoms with van der Waals surface area (Å²) in [7, 11) is 0. The molecule has 2 aromatic rings. The van der Waals surface area contributed by atoms with Gasteiger partial charge in [-0.25, -0.2) is 4.39 Å². The second-order valence-electron chi connectivity index (χ2n) is 9.00. The minimum absolute atomic E-state index is 0.299. The molecular weight excluding hydrogens is 399 g/mol. The van der Waals surface area contributed by atoms with Crippen LogP contribution in [0.25, 0.3) is 11.1 Å². The van der Waals surface area contributed by atoms with E-state index < -0.39 is 0 Å². The van der Waals surface area contributed by atoms with Crippen LogP contribution in [0.5, 0.6) is 11.5 Å². The summed E-state index contributed by atoms with van der Waals surface area (Å²) < 4.78 is 26.0. The Kier molecular flexibility index (Phi) is 12.9. The van der Waals surface area contributed by atoms with Gasteiger partial charge in [0, 0.05) is 0 Å². The van der Waals surface area contributed by atoms with Crippen molar-refractivity contribution in [3.8, 4) is 22.6 Å². The number of hydrogen-bond acceptors (Lipinski definition) is 2. The van der Waals surface area contributed by atoms with E-state index in [0.717, 1.165) is 48.7 Å². The third-order valence-electron chi connectivity index (χ3n) is 6.18. The van der Waals surface area contributed by atoms with Gasteiger partial charge in [-0.15, -0.1) is 0 Å². The van der Waals surface area contributed by atoms with Crippen LogP contribution in [0, 0.1) is 11.7 Å². The highest BCUT2D eigenvalue weighted by atomic mass is 19.1. The summed E-state index contributed by atoms with van der Waals surface area (Å²) in [6, 6.07) is 13.1. The number of hydrogen-bond donors (Lipinski definition) is 0. The average Bonchev–Trinajstić information content (AvgIpc) is 2.81. The molecule has 0 aliphatic heterocycles. The van der Waals surface area contributed by atoms with E-state index >= 15 is 0 Å². The van der Waals surface area contributed by atoms with Crippen molar-refractivity contribution in [1.29, 1.82) is 0 Å². The van der Waals surface area contributed by atoms with Gasteiger partial charge >= 0.3 is 0 Å². The molecular formula is C29H43FO2. The largest absolute Gasteiger partial charge is 0.494 e. The number of rotatable bonds is 17. The van der Waals surface area contributed by atoms with Gasteiger partial charge in [-0.3, -0.25) is 0 Å². The zero-order chi connectivity index (χ0) is 23.0. The van der Waals surface area contributed by atoms with E-state index in [2.05, 4.69) is 20.8 Å². The fraction of sp³-hybridized carbons (Fsp3) is 0.586. The van der Waals surface area contributed by atoms with Crippen LogP contribution in [0.4, 0.5) is 4.39 Å². The van der Waals surface area contributed by atoms with Crippen LogP contribution in [-0.4, -0.2) is 13.2 Å². The molecule has 0 aliphatic carbocycles. The second-order valence-corrected chi connectivity index (χ2v) is 9.00. The van der Waals surface area contributed by atoms with E-state index in [4.69, 9.17) is 9.47 Å². The summed E-state index contributed by atoms with van der Waals surface area (Å²) in [5.74, 6) is 1.66. The Bertz CT molecular complexity index is 741. The molecule has 3 heteroatoms. The molecule has 0 radical (unpaired) electrons. The van der Waals surface area contributed by atoms with Crippen molar-refractivity contribution < 1.29 is 13.9 Å². The van der Waals surface area contributed by atoms with Crippen LogP contribution < -0.4 is 9.47 Å². The third-order valence-corrected chi connectivity index (χ3v) is 6.18. The summed E-state index contributed by atoms with van der Waals surface area (Å²) in [5, 5.41) is 0. The van der Waals surface area contributed by atoms with Crippen molar-refractivity contribution in [3.63, 3.8) is 0 Å². The van der Waals surface area contributed by atoms with Crippen molar-refractivity contribution in [3.05, 3.63) is 48.3 Å². The quantitative estimate of drug-likeness (QED) is 0.227. The van der Waals surface area contributed by atoms with E-state index in [0.29, 0.717) is 12.4 Å². The van der Waals surface area contributed by atoms with Crippen LogP contribution in [0.1, 0.15) is 91.4 Å². The van der Waals surface area contributed by atoms with Crippen molar-refractivity contribution in [2.75, 3.05) is 13.2 Å². The highest BCUT2D eigenvalue weighted by molar-refractivity contribution is 5.65. The molecule has 0 aromatic heterocycles. The summed E-state index contributed by atoms with van der Waals surface area (Å²) >= 11 is 0. The molecule has 178 valence electrons. The van der Waals surface area contributed by atoms with Gasteiger partial charge in [0.2, 0.25) is 0 Å². The molecule has 32 heavy (non-hydrogen) atoms. The highest BCUT2D eigenvalue weighted by Crippen LogP contribution is 2.27. The third kappa shape index (κ3) is 10.1. The SMILES string of the molecule is CCCCCCCCCCOc1ccc(-c2ccc(OCCC[C@@H](C)CC)cc2)cc1F. The lowest BCUT2D eigenvalue weighted by atomic mass is 10.0. The average molecular weight is 443 g/mol. The molecule has 2 rings (SSSR count). The van der Waals surface area contributed by atoms with Crippen LogP contribution in [0.2, 0.25) is 0 Å². The highest BCUT2D eigenvalue weighted by Gasteiger charge is 2.07. The molecule has 0 saturated heterocycles. The first-order chi connectivity index (χ1) is 15.6. The molecule has 0 unspecified atom stereocenters.